The molecule has 0 unspecified atom stereocenters. The maximum atomic E-state index is 11.7. The van der Waals surface area contributed by atoms with Crippen LogP contribution in [0.3, 0.4) is 0 Å². The smallest absolute Gasteiger partial charge is 0.257 e. The Morgan fingerprint density at radius 2 is 2.40 bits per heavy atom. The molecule has 56 valence electrons. The predicted molar refractivity (Wildman–Crippen MR) is 33.0 cm³/mol. The molecule has 1 aromatic rings. The Labute approximate surface area is 57.5 Å². The van der Waals surface area contributed by atoms with E-state index in [-0.39, 0.29) is 6.54 Å². The van der Waals surface area contributed by atoms with E-state index in [4.69, 9.17) is 0 Å². The van der Waals surface area contributed by atoms with E-state index in [1.807, 2.05) is 0 Å². The molecule has 0 saturated carbocycles. The van der Waals surface area contributed by atoms with Crippen molar-refractivity contribution in [2.45, 2.75) is 19.9 Å². The summed E-state index contributed by atoms with van der Waals surface area (Å²) in [7, 11) is 0. The molecular formula is C6H8F2N2. The minimum atomic E-state index is -2.32. The Morgan fingerprint density at radius 1 is 1.70 bits per heavy atom. The van der Waals surface area contributed by atoms with E-state index in [1.54, 1.807) is 19.2 Å². The standard InChI is InChI=1S/C6H8F2N2/c1-5-2-3-10(9-5)4-6(7)8/h2-3,6H,4H2,1H3. The molecule has 10 heavy (non-hydrogen) atoms. The topological polar surface area (TPSA) is 17.8 Å². The maximum Gasteiger partial charge on any atom is 0.257 e. The zero-order valence-electron chi connectivity index (χ0n) is 5.59. The van der Waals surface area contributed by atoms with Gasteiger partial charge in [0.25, 0.3) is 6.43 Å². The number of halogens is 2. The van der Waals surface area contributed by atoms with Gasteiger partial charge in [-0.3, -0.25) is 4.68 Å². The summed E-state index contributed by atoms with van der Waals surface area (Å²) in [5, 5.41) is 3.79. The first-order chi connectivity index (χ1) is 4.68. The van der Waals surface area contributed by atoms with Crippen LogP contribution in [0, 0.1) is 6.92 Å². The summed E-state index contributed by atoms with van der Waals surface area (Å²) in [5.41, 5.74) is 0.764. The van der Waals surface area contributed by atoms with E-state index in [2.05, 4.69) is 5.10 Å². The first-order valence-electron chi connectivity index (χ1n) is 2.96. The van der Waals surface area contributed by atoms with Gasteiger partial charge in [-0.1, -0.05) is 0 Å². The Kier molecular flexibility index (Phi) is 1.99. The van der Waals surface area contributed by atoms with E-state index in [1.165, 1.54) is 4.68 Å². The molecule has 4 heteroatoms. The van der Waals surface area contributed by atoms with Gasteiger partial charge >= 0.3 is 0 Å². The number of hydrogen-bond donors (Lipinski definition) is 0. The van der Waals surface area contributed by atoms with Crippen LogP contribution in [0.15, 0.2) is 12.3 Å². The van der Waals surface area contributed by atoms with Gasteiger partial charge in [-0.2, -0.15) is 5.10 Å². The largest absolute Gasteiger partial charge is 0.267 e. The van der Waals surface area contributed by atoms with Gasteiger partial charge in [0.1, 0.15) is 6.54 Å². The van der Waals surface area contributed by atoms with Gasteiger partial charge in [0.15, 0.2) is 0 Å². The average Bonchev–Trinajstić information content (AvgIpc) is 2.13. The lowest BCUT2D eigenvalue weighted by Crippen LogP contribution is -2.06. The third-order valence-electron chi connectivity index (χ3n) is 1.10. The van der Waals surface area contributed by atoms with Crippen LogP contribution >= 0.6 is 0 Å². The third kappa shape index (κ3) is 1.79. The number of rotatable bonds is 2. The summed E-state index contributed by atoms with van der Waals surface area (Å²) >= 11 is 0. The SMILES string of the molecule is Cc1ccn(CC(F)F)n1. The highest BCUT2D eigenvalue weighted by Gasteiger charge is 2.03. The fourth-order valence-corrected chi connectivity index (χ4v) is 0.706. The lowest BCUT2D eigenvalue weighted by molar-refractivity contribution is 0.121. The highest BCUT2D eigenvalue weighted by molar-refractivity contribution is 4.94. The lowest BCUT2D eigenvalue weighted by Gasteiger charge is -1.97. The third-order valence-corrected chi connectivity index (χ3v) is 1.10. The van der Waals surface area contributed by atoms with Gasteiger partial charge in [0.05, 0.1) is 5.69 Å². The van der Waals surface area contributed by atoms with Crippen molar-refractivity contribution in [3.05, 3.63) is 18.0 Å². The molecule has 1 rings (SSSR count). The van der Waals surface area contributed by atoms with Crippen molar-refractivity contribution >= 4 is 0 Å². The van der Waals surface area contributed by atoms with Gasteiger partial charge in [-0.25, -0.2) is 8.78 Å². The summed E-state index contributed by atoms with van der Waals surface area (Å²) in [6.07, 6.45) is -0.777. The van der Waals surface area contributed by atoms with Gasteiger partial charge in [0.2, 0.25) is 0 Å². The molecule has 0 aliphatic heterocycles. The van der Waals surface area contributed by atoms with E-state index in [0.717, 1.165) is 5.69 Å². The molecule has 0 aromatic carbocycles. The molecule has 1 aromatic heterocycles. The molecule has 0 saturated heterocycles. The van der Waals surface area contributed by atoms with Crippen LogP contribution < -0.4 is 0 Å². The van der Waals surface area contributed by atoms with Crippen LogP contribution in [0.25, 0.3) is 0 Å². The first kappa shape index (κ1) is 7.18. The average molecular weight is 146 g/mol. The normalized spacial score (nSPS) is 10.8. The fourth-order valence-electron chi connectivity index (χ4n) is 0.706. The van der Waals surface area contributed by atoms with Crippen LogP contribution in [0.4, 0.5) is 8.78 Å². The molecule has 0 N–H and O–H groups in total. The highest BCUT2D eigenvalue weighted by Crippen LogP contribution is 1.98. The molecule has 1 heterocycles. The van der Waals surface area contributed by atoms with E-state index < -0.39 is 6.43 Å². The minimum Gasteiger partial charge on any atom is -0.267 e. The van der Waals surface area contributed by atoms with Crippen LogP contribution in [0.5, 0.6) is 0 Å². The van der Waals surface area contributed by atoms with Crippen LogP contribution in [0.2, 0.25) is 0 Å². The van der Waals surface area contributed by atoms with E-state index >= 15 is 0 Å². The second-order valence-electron chi connectivity index (χ2n) is 2.07. The van der Waals surface area contributed by atoms with Crippen LogP contribution in [-0.4, -0.2) is 16.2 Å². The molecule has 0 aliphatic rings. The zero-order valence-corrected chi connectivity index (χ0v) is 5.59. The maximum absolute atomic E-state index is 11.7. The number of alkyl halides is 2. The lowest BCUT2D eigenvalue weighted by atomic mass is 10.5. The Morgan fingerprint density at radius 3 is 2.80 bits per heavy atom. The minimum absolute atomic E-state index is 0.312. The van der Waals surface area contributed by atoms with Crippen molar-refractivity contribution in [2.24, 2.45) is 0 Å². The summed E-state index contributed by atoms with van der Waals surface area (Å²) in [6.45, 7) is 1.45. The van der Waals surface area contributed by atoms with Crippen LogP contribution in [-0.2, 0) is 6.54 Å². The molecule has 0 atom stereocenters. The number of nitrogens with zero attached hydrogens (tertiary/aromatic N) is 2. The van der Waals surface area contributed by atoms with Gasteiger partial charge in [-0.05, 0) is 13.0 Å². The Hall–Kier alpha value is -0.930. The predicted octanol–water partition coefficient (Wildman–Crippen LogP) is 1.46. The molecule has 0 spiro atoms. The number of hydrogen-bond acceptors (Lipinski definition) is 1. The second kappa shape index (κ2) is 2.77. The number of aryl methyl sites for hydroxylation is 1. The van der Waals surface area contributed by atoms with Crippen molar-refractivity contribution in [1.82, 2.24) is 9.78 Å². The molecule has 0 amide bonds. The quantitative estimate of drug-likeness (QED) is 0.617. The van der Waals surface area contributed by atoms with Crippen LogP contribution in [0.1, 0.15) is 5.69 Å². The molecule has 2 nitrogen and oxygen atoms in total. The monoisotopic (exact) mass is 146 g/mol. The molecular weight excluding hydrogens is 138 g/mol. The summed E-state index contributed by atoms with van der Waals surface area (Å²) < 4.78 is 24.6. The van der Waals surface area contributed by atoms with E-state index in [9.17, 15) is 8.78 Å². The molecule has 0 aliphatic carbocycles. The molecule has 0 radical (unpaired) electrons. The van der Waals surface area contributed by atoms with Crippen molar-refractivity contribution in [2.75, 3.05) is 0 Å². The summed E-state index contributed by atoms with van der Waals surface area (Å²) in [6, 6.07) is 1.70. The van der Waals surface area contributed by atoms with E-state index in [0.29, 0.717) is 0 Å². The first-order valence-corrected chi connectivity index (χ1v) is 2.96. The van der Waals surface area contributed by atoms with Gasteiger partial charge in [-0.15, -0.1) is 0 Å². The molecule has 0 fully saturated rings. The zero-order chi connectivity index (χ0) is 7.56. The summed E-state index contributed by atoms with van der Waals surface area (Å²) in [4.78, 5) is 0. The summed E-state index contributed by atoms with van der Waals surface area (Å²) in [5.74, 6) is 0. The Bertz CT molecular complexity index is 207. The molecule has 0 bridgehead atoms. The highest BCUT2D eigenvalue weighted by atomic mass is 19.3. The van der Waals surface area contributed by atoms with Crippen molar-refractivity contribution in [3.8, 4) is 0 Å². The number of aromatic nitrogens is 2. The van der Waals surface area contributed by atoms with Crippen molar-refractivity contribution in [1.29, 1.82) is 0 Å². The second-order valence-corrected chi connectivity index (χ2v) is 2.07. The van der Waals surface area contributed by atoms with Crippen molar-refractivity contribution in [3.63, 3.8) is 0 Å². The van der Waals surface area contributed by atoms with Crippen molar-refractivity contribution < 1.29 is 8.78 Å². The Balaban J connectivity index is 2.58. The van der Waals surface area contributed by atoms with Gasteiger partial charge in [0, 0.05) is 6.20 Å². The van der Waals surface area contributed by atoms with Gasteiger partial charge < -0.3 is 0 Å². The fraction of sp³-hybridized carbons (Fsp3) is 0.500.